The summed E-state index contributed by atoms with van der Waals surface area (Å²) >= 11 is 1.12. The van der Waals surface area contributed by atoms with Gasteiger partial charge in [-0.15, -0.1) is 10.2 Å². The van der Waals surface area contributed by atoms with Crippen LogP contribution in [0.2, 0.25) is 0 Å². The van der Waals surface area contributed by atoms with Crippen LogP contribution < -0.4 is 0 Å². The van der Waals surface area contributed by atoms with E-state index in [9.17, 15) is 4.79 Å². The smallest absolute Gasteiger partial charge is 0.313 e. The number of carboxylic acids is 1. The quantitative estimate of drug-likeness (QED) is 0.795. The number of aromatic nitrogens is 5. The molecule has 2 rings (SSSR count). The van der Waals surface area contributed by atoms with Gasteiger partial charge in [-0.25, -0.2) is 0 Å². The van der Waals surface area contributed by atoms with E-state index in [-0.39, 0.29) is 11.7 Å². The highest BCUT2D eigenvalue weighted by atomic mass is 32.2. The minimum Gasteiger partial charge on any atom is -0.481 e. The van der Waals surface area contributed by atoms with Crippen LogP contribution in [0.3, 0.4) is 0 Å². The Morgan fingerprint density at radius 1 is 1.45 bits per heavy atom. The maximum absolute atomic E-state index is 10.7. The molecule has 2 aromatic heterocycles. The SMILES string of the molecule is Cc1noc(Cn2c(SCC(=O)O)nnc2C(C)C)n1. The molecule has 0 aromatic carbocycles. The van der Waals surface area contributed by atoms with E-state index < -0.39 is 5.97 Å². The van der Waals surface area contributed by atoms with Gasteiger partial charge in [-0.05, 0) is 6.92 Å². The molecule has 0 saturated heterocycles. The molecule has 1 N–H and O–H groups in total. The molecule has 0 bridgehead atoms. The van der Waals surface area contributed by atoms with Crippen molar-refractivity contribution in [3.63, 3.8) is 0 Å². The molecule has 0 unspecified atom stereocenters. The van der Waals surface area contributed by atoms with Gasteiger partial charge in [0.1, 0.15) is 12.4 Å². The van der Waals surface area contributed by atoms with E-state index >= 15 is 0 Å². The van der Waals surface area contributed by atoms with Crippen LogP contribution >= 0.6 is 11.8 Å². The average molecular weight is 297 g/mol. The first-order chi connectivity index (χ1) is 9.47. The summed E-state index contributed by atoms with van der Waals surface area (Å²) in [5.41, 5.74) is 0. The number of rotatable bonds is 6. The number of nitrogens with zero attached hydrogens (tertiary/aromatic N) is 5. The first-order valence-electron chi connectivity index (χ1n) is 6.04. The molecule has 0 amide bonds. The molecule has 0 spiro atoms. The van der Waals surface area contributed by atoms with E-state index in [0.29, 0.717) is 23.4 Å². The molecule has 0 fully saturated rings. The van der Waals surface area contributed by atoms with Gasteiger partial charge >= 0.3 is 5.97 Å². The normalized spacial score (nSPS) is 11.2. The molecule has 0 aliphatic heterocycles. The van der Waals surface area contributed by atoms with Gasteiger partial charge < -0.3 is 9.63 Å². The van der Waals surface area contributed by atoms with Crippen LogP contribution in [0.25, 0.3) is 0 Å². The van der Waals surface area contributed by atoms with Gasteiger partial charge in [0.2, 0.25) is 5.89 Å². The minimum atomic E-state index is -0.899. The number of hydrogen-bond donors (Lipinski definition) is 1. The number of thioether (sulfide) groups is 1. The number of carboxylic acid groups (broad SMARTS) is 1. The molecular formula is C11H15N5O3S. The maximum Gasteiger partial charge on any atom is 0.313 e. The van der Waals surface area contributed by atoms with E-state index in [4.69, 9.17) is 9.63 Å². The molecule has 20 heavy (non-hydrogen) atoms. The summed E-state index contributed by atoms with van der Waals surface area (Å²) in [6.07, 6.45) is 0. The fourth-order valence-corrected chi connectivity index (χ4v) is 2.31. The summed E-state index contributed by atoms with van der Waals surface area (Å²) in [6, 6.07) is 0. The van der Waals surface area contributed by atoms with Crippen molar-refractivity contribution in [1.29, 1.82) is 0 Å². The Bertz CT molecular complexity index is 607. The molecule has 0 aliphatic carbocycles. The predicted octanol–water partition coefficient (Wildman–Crippen LogP) is 1.32. The maximum atomic E-state index is 10.7. The zero-order chi connectivity index (χ0) is 14.7. The lowest BCUT2D eigenvalue weighted by molar-refractivity contribution is -0.133. The number of carbonyl (C=O) groups is 1. The fourth-order valence-electron chi connectivity index (χ4n) is 1.65. The largest absolute Gasteiger partial charge is 0.481 e. The van der Waals surface area contributed by atoms with Crippen LogP contribution in [0, 0.1) is 6.92 Å². The first kappa shape index (κ1) is 14.5. The van der Waals surface area contributed by atoms with Gasteiger partial charge in [0.05, 0.1) is 5.75 Å². The van der Waals surface area contributed by atoms with Gasteiger partial charge in [0.25, 0.3) is 0 Å². The lowest BCUT2D eigenvalue weighted by Gasteiger charge is -2.08. The van der Waals surface area contributed by atoms with Crippen LogP contribution in [0.1, 0.15) is 37.3 Å². The van der Waals surface area contributed by atoms with Crippen LogP contribution in [-0.2, 0) is 11.3 Å². The van der Waals surface area contributed by atoms with Crippen LogP contribution in [0.5, 0.6) is 0 Å². The van der Waals surface area contributed by atoms with Crippen LogP contribution in [0.4, 0.5) is 0 Å². The van der Waals surface area contributed by atoms with E-state index in [0.717, 1.165) is 17.6 Å². The van der Waals surface area contributed by atoms with Crippen molar-refractivity contribution in [2.24, 2.45) is 0 Å². The van der Waals surface area contributed by atoms with Crippen molar-refractivity contribution in [2.45, 2.75) is 38.4 Å². The molecular weight excluding hydrogens is 282 g/mol. The van der Waals surface area contributed by atoms with Crippen molar-refractivity contribution in [3.05, 3.63) is 17.5 Å². The Kier molecular flexibility index (Phi) is 4.38. The van der Waals surface area contributed by atoms with Crippen molar-refractivity contribution >= 4 is 17.7 Å². The lowest BCUT2D eigenvalue weighted by Crippen LogP contribution is -2.09. The van der Waals surface area contributed by atoms with Crippen molar-refractivity contribution in [1.82, 2.24) is 24.9 Å². The van der Waals surface area contributed by atoms with Crippen molar-refractivity contribution in [2.75, 3.05) is 5.75 Å². The molecule has 0 radical (unpaired) electrons. The second-order valence-electron chi connectivity index (χ2n) is 4.50. The number of aryl methyl sites for hydroxylation is 1. The molecule has 0 aliphatic rings. The van der Waals surface area contributed by atoms with Crippen molar-refractivity contribution < 1.29 is 14.4 Å². The monoisotopic (exact) mass is 297 g/mol. The summed E-state index contributed by atoms with van der Waals surface area (Å²) in [6.45, 7) is 6.06. The van der Waals surface area contributed by atoms with Crippen LogP contribution in [-0.4, -0.2) is 41.7 Å². The molecule has 0 atom stereocenters. The molecule has 2 aromatic rings. The highest BCUT2D eigenvalue weighted by Gasteiger charge is 2.18. The highest BCUT2D eigenvalue weighted by Crippen LogP contribution is 2.22. The molecule has 108 valence electrons. The summed E-state index contributed by atoms with van der Waals surface area (Å²) in [4.78, 5) is 14.8. The second-order valence-corrected chi connectivity index (χ2v) is 5.44. The Hall–Kier alpha value is -1.90. The molecule has 8 nitrogen and oxygen atoms in total. The van der Waals surface area contributed by atoms with E-state index in [1.165, 1.54) is 0 Å². The zero-order valence-corrected chi connectivity index (χ0v) is 12.2. The van der Waals surface area contributed by atoms with E-state index in [1.54, 1.807) is 6.92 Å². The molecule has 0 saturated carbocycles. The number of aliphatic carboxylic acids is 1. The third kappa shape index (κ3) is 3.35. The summed E-state index contributed by atoms with van der Waals surface area (Å²) < 4.78 is 6.90. The Balaban J connectivity index is 2.26. The number of hydrogen-bond acceptors (Lipinski definition) is 7. The Labute approximate surface area is 119 Å². The first-order valence-corrected chi connectivity index (χ1v) is 7.02. The summed E-state index contributed by atoms with van der Waals surface area (Å²) in [7, 11) is 0. The topological polar surface area (TPSA) is 107 Å². The van der Waals surface area contributed by atoms with E-state index in [1.807, 2.05) is 18.4 Å². The van der Waals surface area contributed by atoms with Crippen molar-refractivity contribution in [3.8, 4) is 0 Å². The molecule has 2 heterocycles. The van der Waals surface area contributed by atoms with Gasteiger partial charge in [-0.1, -0.05) is 30.8 Å². The van der Waals surface area contributed by atoms with Crippen LogP contribution in [0.15, 0.2) is 9.68 Å². The standard InChI is InChI=1S/C11H15N5O3S/c1-6(2)10-13-14-11(20-5-9(17)18)16(10)4-8-12-7(3)15-19-8/h6H,4-5H2,1-3H3,(H,17,18). The Morgan fingerprint density at radius 3 is 2.75 bits per heavy atom. The third-order valence-corrected chi connectivity index (χ3v) is 3.40. The van der Waals surface area contributed by atoms with E-state index in [2.05, 4.69) is 20.3 Å². The summed E-state index contributed by atoms with van der Waals surface area (Å²) in [5.74, 6) is 0.947. The average Bonchev–Trinajstić information content (AvgIpc) is 2.94. The lowest BCUT2D eigenvalue weighted by atomic mass is 10.2. The predicted molar refractivity (Wildman–Crippen MR) is 70.6 cm³/mol. The fraction of sp³-hybridized carbons (Fsp3) is 0.545. The zero-order valence-electron chi connectivity index (χ0n) is 11.4. The highest BCUT2D eigenvalue weighted by molar-refractivity contribution is 7.99. The Morgan fingerprint density at radius 2 is 2.20 bits per heavy atom. The third-order valence-electron chi connectivity index (χ3n) is 2.45. The molecule has 9 heteroatoms. The van der Waals surface area contributed by atoms with Gasteiger partial charge in [-0.2, -0.15) is 4.98 Å². The van der Waals surface area contributed by atoms with Gasteiger partial charge in [0, 0.05) is 5.92 Å². The second kappa shape index (κ2) is 6.04. The van der Waals surface area contributed by atoms with Gasteiger partial charge in [0.15, 0.2) is 11.0 Å². The summed E-state index contributed by atoms with van der Waals surface area (Å²) in [5, 5.41) is 21.2. The van der Waals surface area contributed by atoms with Gasteiger partial charge in [-0.3, -0.25) is 9.36 Å². The minimum absolute atomic E-state index is 0.0703.